The summed E-state index contributed by atoms with van der Waals surface area (Å²) in [5.41, 5.74) is 6.56. The Balaban J connectivity index is 2.15. The number of nitrogens with two attached hydrogens (primary N) is 1. The van der Waals surface area contributed by atoms with Gasteiger partial charge in [0.05, 0.1) is 5.02 Å². The second-order valence-electron chi connectivity index (χ2n) is 4.73. The van der Waals surface area contributed by atoms with Crippen molar-refractivity contribution in [1.82, 2.24) is 0 Å². The summed E-state index contributed by atoms with van der Waals surface area (Å²) in [6.45, 7) is 2.67. The van der Waals surface area contributed by atoms with Crippen LogP contribution in [-0.2, 0) is 6.54 Å². The van der Waals surface area contributed by atoms with E-state index in [0.717, 1.165) is 24.2 Å². The fourth-order valence-electron chi connectivity index (χ4n) is 2.24. The zero-order valence-corrected chi connectivity index (χ0v) is 10.4. The van der Waals surface area contributed by atoms with Crippen LogP contribution in [0.15, 0.2) is 18.2 Å². The Hall–Kier alpha value is -0.730. The van der Waals surface area contributed by atoms with Crippen LogP contribution in [0.5, 0.6) is 5.75 Å². The number of ether oxygens (including phenoxy) is 1. The number of rotatable bonds is 3. The minimum atomic E-state index is -0.0339. The first-order chi connectivity index (χ1) is 7.63. The molecule has 2 nitrogen and oxygen atoms in total. The zero-order chi connectivity index (χ0) is 11.6. The maximum atomic E-state index is 6.17. The fourth-order valence-corrected chi connectivity index (χ4v) is 2.49. The van der Waals surface area contributed by atoms with E-state index in [-0.39, 0.29) is 5.60 Å². The van der Waals surface area contributed by atoms with E-state index >= 15 is 0 Å². The van der Waals surface area contributed by atoms with Crippen molar-refractivity contribution in [3.8, 4) is 5.75 Å². The summed E-state index contributed by atoms with van der Waals surface area (Å²) in [5.74, 6) is 0.781. The molecule has 1 fully saturated rings. The minimum absolute atomic E-state index is 0.0339. The monoisotopic (exact) mass is 239 g/mol. The highest BCUT2D eigenvalue weighted by molar-refractivity contribution is 6.32. The molecule has 0 aromatic heterocycles. The standard InChI is InChI=1S/C13H18ClNO/c1-13(6-2-3-7-13)16-12-5-4-10(9-15)8-11(12)14/h4-5,8H,2-3,6-7,9,15H2,1H3. The maximum absolute atomic E-state index is 6.17. The van der Waals surface area contributed by atoms with Crippen LogP contribution < -0.4 is 10.5 Å². The molecule has 0 radical (unpaired) electrons. The van der Waals surface area contributed by atoms with Gasteiger partial charge in [-0.25, -0.2) is 0 Å². The van der Waals surface area contributed by atoms with Crippen molar-refractivity contribution < 1.29 is 4.74 Å². The summed E-state index contributed by atoms with van der Waals surface area (Å²) in [6.07, 6.45) is 4.72. The smallest absolute Gasteiger partial charge is 0.138 e. The van der Waals surface area contributed by atoms with Crippen LogP contribution >= 0.6 is 11.6 Å². The van der Waals surface area contributed by atoms with Crippen molar-refractivity contribution in [1.29, 1.82) is 0 Å². The molecule has 2 rings (SSSR count). The number of hydrogen-bond donors (Lipinski definition) is 1. The average molecular weight is 240 g/mol. The van der Waals surface area contributed by atoms with Crippen LogP contribution in [0.3, 0.4) is 0 Å². The van der Waals surface area contributed by atoms with E-state index in [1.807, 2.05) is 18.2 Å². The van der Waals surface area contributed by atoms with Gasteiger partial charge >= 0.3 is 0 Å². The summed E-state index contributed by atoms with van der Waals surface area (Å²) in [5, 5.41) is 0.663. The van der Waals surface area contributed by atoms with Gasteiger partial charge in [-0.1, -0.05) is 17.7 Å². The summed E-state index contributed by atoms with van der Waals surface area (Å²) < 4.78 is 6.02. The van der Waals surface area contributed by atoms with Gasteiger partial charge in [-0.15, -0.1) is 0 Å². The summed E-state index contributed by atoms with van der Waals surface area (Å²) >= 11 is 6.17. The van der Waals surface area contributed by atoms with E-state index in [1.54, 1.807) is 0 Å². The molecule has 2 N–H and O–H groups in total. The Morgan fingerprint density at radius 2 is 2.06 bits per heavy atom. The molecule has 16 heavy (non-hydrogen) atoms. The highest BCUT2D eigenvalue weighted by Gasteiger charge is 2.31. The van der Waals surface area contributed by atoms with Crippen molar-refractivity contribution in [2.45, 2.75) is 44.8 Å². The quantitative estimate of drug-likeness (QED) is 0.876. The first-order valence-corrected chi connectivity index (χ1v) is 6.18. The van der Waals surface area contributed by atoms with E-state index in [0.29, 0.717) is 11.6 Å². The van der Waals surface area contributed by atoms with Gasteiger partial charge in [-0.05, 0) is 50.3 Å². The molecule has 0 aliphatic heterocycles. The van der Waals surface area contributed by atoms with Crippen molar-refractivity contribution in [2.24, 2.45) is 5.73 Å². The molecular formula is C13H18ClNO. The minimum Gasteiger partial charge on any atom is -0.486 e. The number of halogens is 1. The van der Waals surface area contributed by atoms with E-state index in [9.17, 15) is 0 Å². The summed E-state index contributed by atoms with van der Waals surface area (Å²) in [6, 6.07) is 5.78. The highest BCUT2D eigenvalue weighted by Crippen LogP contribution is 2.36. The second kappa shape index (κ2) is 4.64. The lowest BCUT2D eigenvalue weighted by atomic mass is 10.1. The van der Waals surface area contributed by atoms with Gasteiger partial charge in [-0.2, -0.15) is 0 Å². The Labute approximate surface area is 102 Å². The van der Waals surface area contributed by atoms with Gasteiger partial charge < -0.3 is 10.5 Å². The predicted molar refractivity (Wildman–Crippen MR) is 66.8 cm³/mol. The SMILES string of the molecule is CC1(Oc2ccc(CN)cc2Cl)CCCC1. The first-order valence-electron chi connectivity index (χ1n) is 5.80. The van der Waals surface area contributed by atoms with Crippen molar-refractivity contribution in [3.63, 3.8) is 0 Å². The largest absolute Gasteiger partial charge is 0.486 e. The molecule has 0 amide bonds. The van der Waals surface area contributed by atoms with Gasteiger partial charge in [0.2, 0.25) is 0 Å². The third-order valence-electron chi connectivity index (χ3n) is 3.25. The lowest BCUT2D eigenvalue weighted by Gasteiger charge is -2.26. The summed E-state index contributed by atoms with van der Waals surface area (Å²) in [7, 11) is 0. The van der Waals surface area contributed by atoms with Crippen molar-refractivity contribution in [3.05, 3.63) is 28.8 Å². The Morgan fingerprint density at radius 3 is 2.62 bits per heavy atom. The normalized spacial score (nSPS) is 18.7. The molecule has 88 valence electrons. The molecule has 1 aliphatic carbocycles. The van der Waals surface area contributed by atoms with Gasteiger partial charge in [0.1, 0.15) is 11.4 Å². The van der Waals surface area contributed by atoms with E-state index in [1.165, 1.54) is 12.8 Å². The molecule has 0 bridgehead atoms. The Bertz CT molecular complexity index is 372. The molecule has 1 saturated carbocycles. The van der Waals surface area contributed by atoms with Gasteiger partial charge in [-0.3, -0.25) is 0 Å². The van der Waals surface area contributed by atoms with E-state index in [4.69, 9.17) is 22.1 Å². The van der Waals surface area contributed by atoms with E-state index in [2.05, 4.69) is 6.92 Å². The zero-order valence-electron chi connectivity index (χ0n) is 9.63. The van der Waals surface area contributed by atoms with Crippen LogP contribution in [-0.4, -0.2) is 5.60 Å². The highest BCUT2D eigenvalue weighted by atomic mass is 35.5. The van der Waals surface area contributed by atoms with Crippen LogP contribution in [0.25, 0.3) is 0 Å². The lowest BCUT2D eigenvalue weighted by molar-refractivity contribution is 0.0969. The topological polar surface area (TPSA) is 35.2 Å². The number of hydrogen-bond acceptors (Lipinski definition) is 2. The third kappa shape index (κ3) is 2.50. The van der Waals surface area contributed by atoms with Crippen molar-refractivity contribution in [2.75, 3.05) is 0 Å². The molecule has 0 atom stereocenters. The van der Waals surface area contributed by atoms with Crippen LogP contribution in [0.4, 0.5) is 0 Å². The molecule has 3 heteroatoms. The fraction of sp³-hybridized carbons (Fsp3) is 0.538. The van der Waals surface area contributed by atoms with Gasteiger partial charge in [0.25, 0.3) is 0 Å². The van der Waals surface area contributed by atoms with Crippen LogP contribution in [0.1, 0.15) is 38.2 Å². The first kappa shape index (κ1) is 11.7. The van der Waals surface area contributed by atoms with Crippen molar-refractivity contribution >= 4 is 11.6 Å². The predicted octanol–water partition coefficient (Wildman–Crippen LogP) is 3.51. The average Bonchev–Trinajstić information content (AvgIpc) is 2.68. The Kier molecular flexibility index (Phi) is 3.41. The molecular weight excluding hydrogens is 222 g/mol. The van der Waals surface area contributed by atoms with E-state index < -0.39 is 0 Å². The molecule has 1 aromatic carbocycles. The summed E-state index contributed by atoms with van der Waals surface area (Å²) in [4.78, 5) is 0. The second-order valence-corrected chi connectivity index (χ2v) is 5.14. The number of benzene rings is 1. The van der Waals surface area contributed by atoms with Gasteiger partial charge in [0, 0.05) is 6.54 Å². The third-order valence-corrected chi connectivity index (χ3v) is 3.54. The molecule has 0 spiro atoms. The molecule has 1 aliphatic rings. The van der Waals surface area contributed by atoms with Crippen LogP contribution in [0.2, 0.25) is 5.02 Å². The molecule has 0 saturated heterocycles. The van der Waals surface area contributed by atoms with Gasteiger partial charge in [0.15, 0.2) is 0 Å². The molecule has 1 aromatic rings. The lowest BCUT2D eigenvalue weighted by Crippen LogP contribution is -2.28. The molecule has 0 unspecified atom stereocenters. The maximum Gasteiger partial charge on any atom is 0.138 e. The van der Waals surface area contributed by atoms with Crippen LogP contribution in [0, 0.1) is 0 Å². The Morgan fingerprint density at radius 1 is 1.38 bits per heavy atom. The molecule has 0 heterocycles.